The smallest absolute Gasteiger partial charge is 0.341 e. The van der Waals surface area contributed by atoms with Crippen molar-refractivity contribution in [1.29, 1.82) is 0 Å². The summed E-state index contributed by atoms with van der Waals surface area (Å²) in [5.74, 6) is -2.65. The Balaban J connectivity index is 1.97. The van der Waals surface area contributed by atoms with E-state index < -0.39 is 29.1 Å². The zero-order chi connectivity index (χ0) is 17.0. The lowest BCUT2D eigenvalue weighted by molar-refractivity contribution is -0.205. The highest BCUT2D eigenvalue weighted by atomic mass is 16.6. The van der Waals surface area contributed by atoms with Crippen LogP contribution in [0.15, 0.2) is 11.6 Å². The number of carbonyl (C=O) groups excluding carboxylic acids is 2. The van der Waals surface area contributed by atoms with Gasteiger partial charge in [0.15, 0.2) is 5.60 Å². The maximum Gasteiger partial charge on any atom is 0.341 e. The standard InChI is InChI=1S/C16H23NO6/c1-9-13(18)23-11-5-7-17-6-4-10(12(11)17)8-22-14(19)16(3,21)15(9,2)20/h4,9,11-12,20-21H,5-8H2,1-3H3/t9-,11-,12-,15+,16-/m1/s1. The van der Waals surface area contributed by atoms with E-state index in [2.05, 4.69) is 4.90 Å². The molecule has 3 aliphatic rings. The first kappa shape index (κ1) is 16.4. The largest absolute Gasteiger partial charge is 0.460 e. The van der Waals surface area contributed by atoms with Crippen LogP contribution < -0.4 is 0 Å². The van der Waals surface area contributed by atoms with Gasteiger partial charge in [0.2, 0.25) is 0 Å². The second-order valence-corrected chi connectivity index (χ2v) is 7.00. The maximum atomic E-state index is 12.4. The summed E-state index contributed by atoms with van der Waals surface area (Å²) in [5, 5.41) is 21.1. The predicted octanol–water partition coefficient (Wildman–Crippen LogP) is -0.393. The number of carbonyl (C=O) groups is 2. The SMILES string of the molecule is C[C@@H]1C(=O)O[C@@H]2CCN3CC=C(COC(=O)[C@@](C)(O)[C@@]1(C)O)[C@H]23. The molecule has 3 heterocycles. The number of nitrogens with zero attached hydrogens (tertiary/aromatic N) is 1. The van der Waals surface area contributed by atoms with Crippen molar-refractivity contribution >= 4 is 11.9 Å². The first-order valence-electron chi connectivity index (χ1n) is 7.91. The number of cyclic esters (lactones) is 1. The van der Waals surface area contributed by atoms with Crippen molar-refractivity contribution in [3.8, 4) is 0 Å². The molecule has 2 saturated heterocycles. The molecule has 7 nitrogen and oxygen atoms in total. The van der Waals surface area contributed by atoms with Crippen LogP contribution in [0.2, 0.25) is 0 Å². The Kier molecular flexibility index (Phi) is 3.78. The van der Waals surface area contributed by atoms with Crippen LogP contribution in [0.25, 0.3) is 0 Å². The molecule has 0 radical (unpaired) electrons. The van der Waals surface area contributed by atoms with E-state index in [1.807, 2.05) is 6.08 Å². The lowest BCUT2D eigenvalue weighted by Crippen LogP contribution is -2.61. The monoisotopic (exact) mass is 325 g/mol. The Morgan fingerprint density at radius 2 is 2.00 bits per heavy atom. The number of rotatable bonds is 0. The summed E-state index contributed by atoms with van der Waals surface area (Å²) in [6, 6.07) is -0.0908. The normalized spacial score (nSPS) is 44.9. The van der Waals surface area contributed by atoms with Crippen LogP contribution >= 0.6 is 0 Å². The third-order valence-corrected chi connectivity index (χ3v) is 5.63. The molecular formula is C16H23NO6. The van der Waals surface area contributed by atoms with Crippen molar-refractivity contribution in [2.24, 2.45) is 5.92 Å². The van der Waals surface area contributed by atoms with Crippen LogP contribution in [0.3, 0.4) is 0 Å². The van der Waals surface area contributed by atoms with Crippen LogP contribution in [-0.4, -0.2) is 70.1 Å². The Morgan fingerprint density at radius 3 is 2.70 bits per heavy atom. The van der Waals surface area contributed by atoms with Crippen LogP contribution in [-0.2, 0) is 19.1 Å². The number of aliphatic hydroxyl groups is 2. The van der Waals surface area contributed by atoms with E-state index in [1.54, 1.807) is 0 Å². The summed E-state index contributed by atoms with van der Waals surface area (Å²) in [6.45, 7) is 5.41. The van der Waals surface area contributed by atoms with Gasteiger partial charge in [-0.3, -0.25) is 9.69 Å². The van der Waals surface area contributed by atoms with E-state index in [0.29, 0.717) is 6.42 Å². The molecule has 0 aromatic rings. The Bertz CT molecular complexity index is 567. The minimum atomic E-state index is -2.22. The number of esters is 2. The molecule has 0 bridgehead atoms. The van der Waals surface area contributed by atoms with E-state index in [-0.39, 0.29) is 18.8 Å². The van der Waals surface area contributed by atoms with E-state index in [4.69, 9.17) is 9.47 Å². The van der Waals surface area contributed by atoms with Crippen LogP contribution in [0.4, 0.5) is 0 Å². The third kappa shape index (κ3) is 2.38. The van der Waals surface area contributed by atoms with Gasteiger partial charge in [0, 0.05) is 13.1 Å². The summed E-state index contributed by atoms with van der Waals surface area (Å²) >= 11 is 0. The summed E-state index contributed by atoms with van der Waals surface area (Å²) < 4.78 is 10.8. The van der Waals surface area contributed by atoms with Crippen LogP contribution in [0.1, 0.15) is 27.2 Å². The molecule has 23 heavy (non-hydrogen) atoms. The number of hydrogen-bond donors (Lipinski definition) is 2. The molecule has 3 aliphatic heterocycles. The van der Waals surface area contributed by atoms with Gasteiger partial charge in [-0.1, -0.05) is 6.08 Å². The van der Waals surface area contributed by atoms with Crippen molar-refractivity contribution < 1.29 is 29.3 Å². The molecule has 7 heteroatoms. The minimum Gasteiger partial charge on any atom is -0.460 e. The molecule has 0 saturated carbocycles. The Labute approximate surface area is 134 Å². The molecule has 5 atom stereocenters. The fraction of sp³-hybridized carbons (Fsp3) is 0.750. The molecule has 0 spiro atoms. The lowest BCUT2D eigenvalue weighted by Gasteiger charge is -2.39. The molecule has 0 amide bonds. The maximum absolute atomic E-state index is 12.4. The summed E-state index contributed by atoms with van der Waals surface area (Å²) in [6.07, 6.45) is 2.34. The predicted molar refractivity (Wildman–Crippen MR) is 79.3 cm³/mol. The Hall–Kier alpha value is -1.44. The molecular weight excluding hydrogens is 302 g/mol. The van der Waals surface area contributed by atoms with Gasteiger partial charge >= 0.3 is 11.9 Å². The molecule has 0 aromatic carbocycles. The topological polar surface area (TPSA) is 96.3 Å². The van der Waals surface area contributed by atoms with Crippen molar-refractivity contribution in [3.05, 3.63) is 11.6 Å². The first-order chi connectivity index (χ1) is 10.7. The van der Waals surface area contributed by atoms with Gasteiger partial charge in [0.1, 0.15) is 18.3 Å². The second kappa shape index (κ2) is 5.29. The minimum absolute atomic E-state index is 0.0225. The number of ether oxygens (including phenoxy) is 2. The van der Waals surface area contributed by atoms with Gasteiger partial charge < -0.3 is 19.7 Å². The van der Waals surface area contributed by atoms with E-state index in [0.717, 1.165) is 25.6 Å². The summed E-state index contributed by atoms with van der Waals surface area (Å²) in [5.41, 5.74) is -3.35. The molecule has 0 unspecified atom stereocenters. The molecule has 0 aliphatic carbocycles. The fourth-order valence-corrected chi connectivity index (χ4v) is 3.52. The molecule has 128 valence electrons. The van der Waals surface area contributed by atoms with Crippen LogP contribution in [0.5, 0.6) is 0 Å². The fourth-order valence-electron chi connectivity index (χ4n) is 3.52. The molecule has 2 fully saturated rings. The average Bonchev–Trinajstić information content (AvgIpc) is 3.06. The highest BCUT2D eigenvalue weighted by Crippen LogP contribution is 2.36. The molecule has 0 aromatic heterocycles. The van der Waals surface area contributed by atoms with Gasteiger partial charge in [-0.2, -0.15) is 0 Å². The highest BCUT2D eigenvalue weighted by molar-refractivity contribution is 5.83. The summed E-state index contributed by atoms with van der Waals surface area (Å²) in [7, 11) is 0. The van der Waals surface area contributed by atoms with Crippen molar-refractivity contribution in [2.75, 3.05) is 19.7 Å². The van der Waals surface area contributed by atoms with Gasteiger partial charge in [0.05, 0.1) is 12.0 Å². The Morgan fingerprint density at radius 1 is 1.30 bits per heavy atom. The third-order valence-electron chi connectivity index (χ3n) is 5.63. The lowest BCUT2D eigenvalue weighted by atomic mass is 9.76. The van der Waals surface area contributed by atoms with Crippen molar-refractivity contribution in [3.63, 3.8) is 0 Å². The summed E-state index contributed by atoms with van der Waals surface area (Å²) in [4.78, 5) is 26.9. The van der Waals surface area contributed by atoms with Gasteiger partial charge in [0.25, 0.3) is 0 Å². The highest BCUT2D eigenvalue weighted by Gasteiger charge is 2.56. The second-order valence-electron chi connectivity index (χ2n) is 7.00. The van der Waals surface area contributed by atoms with Crippen LogP contribution in [0, 0.1) is 5.92 Å². The van der Waals surface area contributed by atoms with Gasteiger partial charge in [-0.05, 0) is 32.8 Å². The number of hydrogen-bond acceptors (Lipinski definition) is 7. The quantitative estimate of drug-likeness (QED) is 0.462. The van der Waals surface area contributed by atoms with E-state index in [9.17, 15) is 19.8 Å². The van der Waals surface area contributed by atoms with Gasteiger partial charge in [-0.15, -0.1) is 0 Å². The van der Waals surface area contributed by atoms with Crippen molar-refractivity contribution in [2.45, 2.75) is 50.5 Å². The van der Waals surface area contributed by atoms with Crippen molar-refractivity contribution in [1.82, 2.24) is 4.90 Å². The first-order valence-corrected chi connectivity index (χ1v) is 7.91. The molecule has 2 N–H and O–H groups in total. The van der Waals surface area contributed by atoms with E-state index >= 15 is 0 Å². The average molecular weight is 325 g/mol. The van der Waals surface area contributed by atoms with Gasteiger partial charge in [-0.25, -0.2) is 4.79 Å². The zero-order valence-corrected chi connectivity index (χ0v) is 13.6. The zero-order valence-electron chi connectivity index (χ0n) is 13.6. The van der Waals surface area contributed by atoms with E-state index in [1.165, 1.54) is 13.8 Å². The molecule has 3 rings (SSSR count).